The average molecular weight is 326 g/mol. The minimum Gasteiger partial charge on any atom is -0.283 e. The Bertz CT molecular complexity index is 892. The number of nitrogens with zero attached hydrogens (tertiary/aromatic N) is 1. The van der Waals surface area contributed by atoms with Crippen LogP contribution in [0.2, 0.25) is 5.02 Å². The number of benzene rings is 2. The highest BCUT2D eigenvalue weighted by Gasteiger charge is 2.21. The summed E-state index contributed by atoms with van der Waals surface area (Å²) in [5.41, 5.74) is 5.10. The molecule has 3 aromatic rings. The van der Waals surface area contributed by atoms with Crippen molar-refractivity contribution in [2.24, 2.45) is 4.99 Å². The predicted octanol–water partition coefficient (Wildman–Crippen LogP) is 5.51. The van der Waals surface area contributed by atoms with Gasteiger partial charge < -0.3 is 0 Å². The highest BCUT2D eigenvalue weighted by molar-refractivity contribution is 7.21. The smallest absolute Gasteiger partial charge is 0.0837 e. The zero-order chi connectivity index (χ0) is 15.1. The van der Waals surface area contributed by atoms with Crippen LogP contribution in [-0.4, -0.2) is 12.3 Å². The Kier molecular flexibility index (Phi) is 3.51. The second kappa shape index (κ2) is 5.53. The van der Waals surface area contributed by atoms with E-state index in [0.29, 0.717) is 0 Å². The number of thiophene rings is 1. The molecule has 0 saturated carbocycles. The van der Waals surface area contributed by atoms with Gasteiger partial charge in [0, 0.05) is 22.2 Å². The number of hydrogen-bond donors (Lipinski definition) is 0. The Balaban J connectivity index is 1.89. The van der Waals surface area contributed by atoms with E-state index in [-0.39, 0.29) is 0 Å². The summed E-state index contributed by atoms with van der Waals surface area (Å²) in [7, 11) is 0. The van der Waals surface area contributed by atoms with Gasteiger partial charge in [0.2, 0.25) is 0 Å². The average Bonchev–Trinajstić information content (AvgIpc) is 2.91. The molecule has 0 radical (unpaired) electrons. The minimum atomic E-state index is 0.840. The number of rotatable bonds is 2. The van der Waals surface area contributed by atoms with Gasteiger partial charge in [0.05, 0.1) is 15.6 Å². The van der Waals surface area contributed by atoms with Crippen LogP contribution in [0.1, 0.15) is 28.5 Å². The van der Waals surface area contributed by atoms with Crippen LogP contribution in [0.25, 0.3) is 10.1 Å². The van der Waals surface area contributed by atoms with Gasteiger partial charge in [0.15, 0.2) is 0 Å². The van der Waals surface area contributed by atoms with Crippen molar-refractivity contribution < 1.29 is 0 Å². The standard InChI is InChI=1S/C19H16ClNS/c1-2-12-7-8-14-13(11-12)9-10-21-18(14)19-17(20)15-5-3-4-6-16(15)22-19/h3-8,11H,2,9-10H2,1H3. The van der Waals surface area contributed by atoms with Crippen LogP contribution >= 0.6 is 22.9 Å². The van der Waals surface area contributed by atoms with E-state index in [1.165, 1.54) is 21.4 Å². The molecule has 22 heavy (non-hydrogen) atoms. The molecule has 0 unspecified atom stereocenters. The van der Waals surface area contributed by atoms with Gasteiger partial charge in [0.25, 0.3) is 0 Å². The molecule has 1 aromatic heterocycles. The van der Waals surface area contributed by atoms with Gasteiger partial charge in [-0.2, -0.15) is 0 Å². The number of aryl methyl sites for hydroxylation is 1. The predicted molar refractivity (Wildman–Crippen MR) is 96.9 cm³/mol. The molecular weight excluding hydrogens is 310 g/mol. The summed E-state index contributed by atoms with van der Waals surface area (Å²) in [6.07, 6.45) is 2.10. The Morgan fingerprint density at radius 3 is 2.86 bits per heavy atom. The van der Waals surface area contributed by atoms with Crippen molar-refractivity contribution >= 4 is 38.7 Å². The van der Waals surface area contributed by atoms with Crippen LogP contribution in [-0.2, 0) is 12.8 Å². The SMILES string of the molecule is CCc1ccc2c(c1)CCN=C2c1sc2ccccc2c1Cl. The topological polar surface area (TPSA) is 12.4 Å². The molecule has 0 N–H and O–H groups in total. The van der Waals surface area contributed by atoms with Crippen molar-refractivity contribution in [2.75, 3.05) is 6.54 Å². The maximum Gasteiger partial charge on any atom is 0.0837 e. The lowest BCUT2D eigenvalue weighted by molar-refractivity contribution is 0.938. The maximum atomic E-state index is 6.65. The molecule has 2 heterocycles. The monoisotopic (exact) mass is 325 g/mol. The molecule has 0 bridgehead atoms. The van der Waals surface area contributed by atoms with Crippen LogP contribution < -0.4 is 0 Å². The number of hydrogen-bond acceptors (Lipinski definition) is 2. The third-order valence-corrected chi connectivity index (χ3v) is 5.92. The molecule has 0 fully saturated rings. The molecule has 4 rings (SSSR count). The van der Waals surface area contributed by atoms with Gasteiger partial charge in [-0.3, -0.25) is 4.99 Å². The van der Waals surface area contributed by atoms with Crippen LogP contribution in [0.4, 0.5) is 0 Å². The fraction of sp³-hybridized carbons (Fsp3) is 0.211. The molecule has 1 nitrogen and oxygen atoms in total. The summed E-state index contributed by atoms with van der Waals surface area (Å²) >= 11 is 8.39. The summed E-state index contributed by atoms with van der Waals surface area (Å²) in [5.74, 6) is 0. The molecule has 0 aliphatic carbocycles. The first-order valence-electron chi connectivity index (χ1n) is 7.62. The second-order valence-corrected chi connectivity index (χ2v) is 7.00. The molecular formula is C19H16ClNS. The largest absolute Gasteiger partial charge is 0.283 e. The second-order valence-electron chi connectivity index (χ2n) is 5.57. The van der Waals surface area contributed by atoms with Crippen molar-refractivity contribution in [3.05, 3.63) is 69.1 Å². The molecule has 0 saturated heterocycles. The van der Waals surface area contributed by atoms with E-state index >= 15 is 0 Å². The minimum absolute atomic E-state index is 0.840. The van der Waals surface area contributed by atoms with Crippen LogP contribution in [0.15, 0.2) is 47.5 Å². The zero-order valence-corrected chi connectivity index (χ0v) is 14.0. The fourth-order valence-corrected chi connectivity index (χ4v) is 4.58. The van der Waals surface area contributed by atoms with Crippen LogP contribution in [0.3, 0.4) is 0 Å². The molecule has 1 aliphatic heterocycles. The fourth-order valence-electron chi connectivity index (χ4n) is 3.04. The van der Waals surface area contributed by atoms with Gasteiger partial charge in [-0.15, -0.1) is 11.3 Å². The Hall–Kier alpha value is -1.64. The number of aliphatic imine (C=N–C) groups is 1. The molecule has 2 aromatic carbocycles. The number of fused-ring (bicyclic) bond motifs is 2. The molecule has 0 spiro atoms. The summed E-state index contributed by atoms with van der Waals surface area (Å²) in [5, 5.41) is 1.97. The summed E-state index contributed by atoms with van der Waals surface area (Å²) < 4.78 is 1.22. The van der Waals surface area contributed by atoms with E-state index < -0.39 is 0 Å². The van der Waals surface area contributed by atoms with Crippen molar-refractivity contribution in [3.8, 4) is 0 Å². The molecule has 0 amide bonds. The quantitative estimate of drug-likeness (QED) is 0.589. The first-order valence-corrected chi connectivity index (χ1v) is 8.81. The molecule has 3 heteroatoms. The first-order chi connectivity index (χ1) is 10.8. The van der Waals surface area contributed by atoms with E-state index in [1.807, 2.05) is 6.07 Å². The highest BCUT2D eigenvalue weighted by Crippen LogP contribution is 2.38. The van der Waals surface area contributed by atoms with E-state index in [2.05, 4.69) is 43.3 Å². The summed E-state index contributed by atoms with van der Waals surface area (Å²) in [6.45, 7) is 3.04. The van der Waals surface area contributed by atoms with Crippen molar-refractivity contribution in [2.45, 2.75) is 19.8 Å². The lowest BCUT2D eigenvalue weighted by Gasteiger charge is -2.17. The Morgan fingerprint density at radius 1 is 1.18 bits per heavy atom. The van der Waals surface area contributed by atoms with Gasteiger partial charge in [0.1, 0.15) is 0 Å². The maximum absolute atomic E-state index is 6.65. The van der Waals surface area contributed by atoms with Crippen LogP contribution in [0, 0.1) is 0 Å². The molecule has 1 aliphatic rings. The van der Waals surface area contributed by atoms with E-state index in [9.17, 15) is 0 Å². The van der Waals surface area contributed by atoms with E-state index in [4.69, 9.17) is 16.6 Å². The summed E-state index contributed by atoms with van der Waals surface area (Å²) in [4.78, 5) is 5.90. The van der Waals surface area contributed by atoms with Crippen molar-refractivity contribution in [1.82, 2.24) is 0 Å². The highest BCUT2D eigenvalue weighted by atomic mass is 35.5. The van der Waals surface area contributed by atoms with Crippen molar-refractivity contribution in [3.63, 3.8) is 0 Å². The normalized spacial score (nSPS) is 14.0. The third kappa shape index (κ3) is 2.18. The third-order valence-electron chi connectivity index (χ3n) is 4.23. The lowest BCUT2D eigenvalue weighted by Crippen LogP contribution is -2.13. The van der Waals surface area contributed by atoms with Crippen molar-refractivity contribution in [1.29, 1.82) is 0 Å². The van der Waals surface area contributed by atoms with Gasteiger partial charge in [-0.25, -0.2) is 0 Å². The Morgan fingerprint density at radius 2 is 2.05 bits per heavy atom. The van der Waals surface area contributed by atoms with E-state index in [0.717, 1.165) is 40.4 Å². The lowest BCUT2D eigenvalue weighted by atomic mass is 9.94. The number of halogens is 1. The van der Waals surface area contributed by atoms with Crippen LogP contribution in [0.5, 0.6) is 0 Å². The van der Waals surface area contributed by atoms with Gasteiger partial charge in [-0.1, -0.05) is 54.9 Å². The van der Waals surface area contributed by atoms with Gasteiger partial charge >= 0.3 is 0 Å². The zero-order valence-electron chi connectivity index (χ0n) is 12.4. The summed E-state index contributed by atoms with van der Waals surface area (Å²) in [6, 6.07) is 15.1. The van der Waals surface area contributed by atoms with Gasteiger partial charge in [-0.05, 0) is 30.0 Å². The van der Waals surface area contributed by atoms with E-state index in [1.54, 1.807) is 11.3 Å². The Labute approximate surface area is 139 Å². The first kappa shape index (κ1) is 14.0. The molecule has 0 atom stereocenters. The molecule has 110 valence electrons.